The van der Waals surface area contributed by atoms with Crippen LogP contribution in [-0.4, -0.2) is 15.0 Å². The molecule has 1 aliphatic rings. The molecule has 1 saturated carbocycles. The molecule has 1 fully saturated rings. The number of H-pyrrole nitrogens is 1. The van der Waals surface area contributed by atoms with E-state index in [0.29, 0.717) is 34.1 Å². The van der Waals surface area contributed by atoms with Crippen LogP contribution in [0.1, 0.15) is 36.7 Å². The molecule has 0 radical (unpaired) electrons. The van der Waals surface area contributed by atoms with Crippen LogP contribution < -0.4 is 11.1 Å². The summed E-state index contributed by atoms with van der Waals surface area (Å²) in [6.07, 6.45) is 11.6. The van der Waals surface area contributed by atoms with Gasteiger partial charge in [0.1, 0.15) is 11.6 Å². The van der Waals surface area contributed by atoms with Gasteiger partial charge in [-0.25, -0.2) is 9.37 Å². The van der Waals surface area contributed by atoms with Gasteiger partial charge >= 0.3 is 0 Å². The average Bonchev–Trinajstić information content (AvgIpc) is 3.69. The van der Waals surface area contributed by atoms with Crippen LogP contribution in [0, 0.1) is 11.7 Å². The molecule has 6 heteroatoms. The molecule has 1 aliphatic carbocycles. The lowest BCUT2D eigenvalue weighted by atomic mass is 9.97. The Bertz CT molecular complexity index is 1630. The first-order valence-corrected chi connectivity index (χ1v) is 12.5. The van der Waals surface area contributed by atoms with Crippen molar-refractivity contribution < 1.29 is 4.39 Å². The number of hydrogen-bond donors (Lipinski definition) is 3. The Morgan fingerprint density at radius 2 is 1.97 bits per heavy atom. The fraction of sp³-hybridized carbons (Fsp3) is 0.125. The van der Waals surface area contributed by atoms with Crippen molar-refractivity contribution in [3.63, 3.8) is 0 Å². The van der Waals surface area contributed by atoms with Crippen LogP contribution >= 0.6 is 0 Å². The van der Waals surface area contributed by atoms with Crippen LogP contribution in [0.5, 0.6) is 0 Å². The van der Waals surface area contributed by atoms with E-state index in [-0.39, 0.29) is 5.82 Å². The van der Waals surface area contributed by atoms with Crippen LogP contribution in [0.4, 0.5) is 10.1 Å². The zero-order valence-electron chi connectivity index (χ0n) is 21.4. The summed E-state index contributed by atoms with van der Waals surface area (Å²) < 4.78 is 13.9. The predicted molar refractivity (Wildman–Crippen MR) is 155 cm³/mol. The minimum Gasteiger partial charge on any atom is -0.398 e. The van der Waals surface area contributed by atoms with Crippen LogP contribution in [-0.2, 0) is 0 Å². The summed E-state index contributed by atoms with van der Waals surface area (Å²) in [7, 11) is 0. The highest BCUT2D eigenvalue weighted by atomic mass is 19.1. The van der Waals surface area contributed by atoms with E-state index in [2.05, 4.69) is 41.1 Å². The molecule has 5 rings (SSSR count). The van der Waals surface area contributed by atoms with E-state index in [1.165, 1.54) is 25.0 Å². The number of nitrogens with zero attached hydrogens (tertiary/aromatic N) is 2. The smallest absolute Gasteiger partial charge is 0.138 e. The number of anilines is 1. The lowest BCUT2D eigenvalue weighted by Crippen LogP contribution is -2.11. The fourth-order valence-corrected chi connectivity index (χ4v) is 4.43. The third kappa shape index (κ3) is 5.06. The molecular formula is C32H30FN5. The second-order valence-electron chi connectivity index (χ2n) is 9.43. The van der Waals surface area contributed by atoms with Gasteiger partial charge in [0.15, 0.2) is 0 Å². The summed E-state index contributed by atoms with van der Waals surface area (Å²) in [6, 6.07) is 12.3. The number of pyridine rings is 1. The number of aromatic amines is 1. The molecule has 5 nitrogen and oxygen atoms in total. The minimum absolute atomic E-state index is 0.315. The van der Waals surface area contributed by atoms with E-state index in [1.54, 1.807) is 24.5 Å². The number of halogens is 1. The lowest BCUT2D eigenvalue weighted by Gasteiger charge is -2.13. The molecule has 0 unspecified atom stereocenters. The zero-order valence-corrected chi connectivity index (χ0v) is 21.4. The molecule has 2 aromatic heterocycles. The second-order valence-corrected chi connectivity index (χ2v) is 9.43. The van der Waals surface area contributed by atoms with Crippen LogP contribution in [0.25, 0.3) is 33.3 Å². The number of aromatic nitrogens is 3. The zero-order chi connectivity index (χ0) is 26.8. The van der Waals surface area contributed by atoms with Crippen molar-refractivity contribution in [1.29, 1.82) is 0 Å². The maximum absolute atomic E-state index is 13.9. The molecule has 4 N–H and O–H groups in total. The first-order valence-electron chi connectivity index (χ1n) is 12.5. The highest BCUT2D eigenvalue weighted by Crippen LogP contribution is 2.35. The van der Waals surface area contributed by atoms with Gasteiger partial charge in [0, 0.05) is 40.0 Å². The number of nitrogen functional groups attached to an aromatic ring is 1. The molecule has 4 aromatic rings. The van der Waals surface area contributed by atoms with Crippen molar-refractivity contribution in [1.82, 2.24) is 20.3 Å². The van der Waals surface area contributed by atoms with Gasteiger partial charge in [-0.05, 0) is 78.8 Å². The largest absolute Gasteiger partial charge is 0.398 e. The summed E-state index contributed by atoms with van der Waals surface area (Å²) in [6.45, 7) is 14.4. The molecule has 0 spiro atoms. The van der Waals surface area contributed by atoms with Gasteiger partial charge in [0.25, 0.3) is 0 Å². The van der Waals surface area contributed by atoms with Crippen molar-refractivity contribution in [3.05, 3.63) is 127 Å². The first kappa shape index (κ1) is 25.0. The number of nitrogens with two attached hydrogens (primary N) is 1. The standard InChI is InChI=1S/C32H30FN5/c1-5-21(15-26(6-2)36-20(4)22-10-11-22)23-12-13-29(34)27(16-23)19(3)32-37-30-18-35-17-28(31(30)38-32)24-8-7-9-25(33)14-24/h5-9,12-18,22,36H,2-4,10-11,34H2,1H3,(H,37,38)/b21-5+,26-15+. The molecule has 0 saturated heterocycles. The topological polar surface area (TPSA) is 79.6 Å². The number of imidazole rings is 1. The molecule has 0 bridgehead atoms. The van der Waals surface area contributed by atoms with Crippen LogP contribution in [0.15, 0.2) is 104 Å². The van der Waals surface area contributed by atoms with Crippen molar-refractivity contribution >= 4 is 27.9 Å². The normalized spacial score (nSPS) is 13.9. The Morgan fingerprint density at radius 1 is 1.16 bits per heavy atom. The predicted octanol–water partition coefficient (Wildman–Crippen LogP) is 7.39. The molecular weight excluding hydrogens is 473 g/mol. The summed E-state index contributed by atoms with van der Waals surface area (Å²) in [5.41, 5.74) is 15.2. The number of benzene rings is 2. The SMILES string of the molecule is C=C/C(=C\C(=C/C)c1ccc(N)c(C(=C)c2nc3c(-c4cccc(F)c4)cncc3[nH]2)c1)NC(=C)C1CC1. The van der Waals surface area contributed by atoms with Gasteiger partial charge in [-0.1, -0.05) is 44.0 Å². The van der Waals surface area contributed by atoms with E-state index in [4.69, 9.17) is 10.7 Å². The number of rotatable bonds is 9. The molecule has 190 valence electrons. The summed E-state index contributed by atoms with van der Waals surface area (Å²) in [5, 5.41) is 3.40. The molecule has 2 aromatic carbocycles. The Balaban J connectivity index is 1.48. The van der Waals surface area contributed by atoms with Gasteiger partial charge in [0.05, 0.1) is 17.2 Å². The van der Waals surface area contributed by atoms with Gasteiger partial charge in [-0.15, -0.1) is 0 Å². The van der Waals surface area contributed by atoms with E-state index < -0.39 is 0 Å². The second kappa shape index (κ2) is 10.3. The van der Waals surface area contributed by atoms with Gasteiger partial charge in [-0.3, -0.25) is 4.98 Å². The monoisotopic (exact) mass is 503 g/mol. The maximum atomic E-state index is 13.9. The van der Waals surface area contributed by atoms with Crippen LogP contribution in [0.2, 0.25) is 0 Å². The highest BCUT2D eigenvalue weighted by Gasteiger charge is 2.24. The molecule has 0 aliphatic heterocycles. The average molecular weight is 504 g/mol. The van der Waals surface area contributed by atoms with E-state index in [1.807, 2.05) is 37.3 Å². The van der Waals surface area contributed by atoms with E-state index >= 15 is 0 Å². The van der Waals surface area contributed by atoms with Gasteiger partial charge < -0.3 is 16.0 Å². The van der Waals surface area contributed by atoms with Crippen LogP contribution in [0.3, 0.4) is 0 Å². The van der Waals surface area contributed by atoms with Crippen molar-refractivity contribution in [2.45, 2.75) is 19.8 Å². The Labute approximate surface area is 222 Å². The Kier molecular flexibility index (Phi) is 6.79. The molecule has 0 amide bonds. The Morgan fingerprint density at radius 3 is 2.68 bits per heavy atom. The van der Waals surface area contributed by atoms with Crippen molar-refractivity contribution in [2.24, 2.45) is 5.92 Å². The summed E-state index contributed by atoms with van der Waals surface area (Å²) in [4.78, 5) is 12.4. The summed E-state index contributed by atoms with van der Waals surface area (Å²) >= 11 is 0. The number of allylic oxidation sites excluding steroid dienone is 5. The van der Waals surface area contributed by atoms with E-state index in [9.17, 15) is 4.39 Å². The third-order valence-electron chi connectivity index (χ3n) is 6.74. The Hall–Kier alpha value is -4.71. The molecule has 38 heavy (non-hydrogen) atoms. The van der Waals surface area contributed by atoms with E-state index in [0.717, 1.165) is 39.2 Å². The molecule has 0 atom stereocenters. The van der Waals surface area contributed by atoms with Gasteiger partial charge in [-0.2, -0.15) is 0 Å². The number of nitrogens with one attached hydrogen (secondary N) is 2. The highest BCUT2D eigenvalue weighted by molar-refractivity contribution is 5.94. The van der Waals surface area contributed by atoms with Crippen molar-refractivity contribution in [3.8, 4) is 11.1 Å². The van der Waals surface area contributed by atoms with Crippen molar-refractivity contribution in [2.75, 3.05) is 5.73 Å². The number of fused-ring (bicyclic) bond motifs is 1. The first-order chi connectivity index (χ1) is 18.4. The minimum atomic E-state index is -0.315. The number of hydrogen-bond acceptors (Lipinski definition) is 4. The lowest BCUT2D eigenvalue weighted by molar-refractivity contribution is 0.628. The third-order valence-corrected chi connectivity index (χ3v) is 6.74. The fourth-order valence-electron chi connectivity index (χ4n) is 4.43. The summed E-state index contributed by atoms with van der Waals surface area (Å²) in [5.74, 6) is 0.797. The maximum Gasteiger partial charge on any atom is 0.138 e. The quantitative estimate of drug-likeness (QED) is 0.164. The molecule has 2 heterocycles. The van der Waals surface area contributed by atoms with Gasteiger partial charge in [0.2, 0.25) is 0 Å².